The van der Waals surface area contributed by atoms with Crippen molar-refractivity contribution in [2.24, 2.45) is 0 Å². The van der Waals surface area contributed by atoms with E-state index in [-0.39, 0.29) is 5.75 Å². The molecule has 12 heteroatoms. The van der Waals surface area contributed by atoms with E-state index >= 15 is 0 Å². The molecule has 1 atom stereocenters. The van der Waals surface area contributed by atoms with E-state index in [9.17, 15) is 26.7 Å². The van der Waals surface area contributed by atoms with Crippen molar-refractivity contribution in [3.05, 3.63) is 22.8 Å². The topological polar surface area (TPSA) is 26.3 Å². The van der Waals surface area contributed by atoms with E-state index in [0.29, 0.717) is 7.14 Å². The molecule has 0 spiro atoms. The summed E-state index contributed by atoms with van der Waals surface area (Å²) in [5.41, 5.74) is 0. The maximum absolute atomic E-state index is 13.7. The summed E-state index contributed by atoms with van der Waals surface area (Å²) in [6.45, 7) is 0. The number of hydrogen-bond donors (Lipinski definition) is 0. The van der Waals surface area contributed by atoms with Crippen LogP contribution in [-0.2, 0) is 4.79 Å². The van der Waals surface area contributed by atoms with Gasteiger partial charge < -0.3 is 4.74 Å². The fourth-order valence-electron chi connectivity index (χ4n) is 1.09. The standard InChI is InChI=1S/C10H2Br2F5I3O2/c11-9(15,10(12,16)17)8(13,14)7(21)22-6-4(19)1-3(18)2-5(6)20/h1-2H. The second-order valence-corrected chi connectivity index (χ2v) is 9.39. The molecule has 1 rings (SSSR count). The first-order valence-corrected chi connectivity index (χ1v) is 9.73. The van der Waals surface area contributed by atoms with E-state index in [1.54, 1.807) is 61.1 Å². The predicted molar refractivity (Wildman–Crippen MR) is 102 cm³/mol. The smallest absolute Gasteiger partial charge is 0.393 e. The van der Waals surface area contributed by atoms with Crippen LogP contribution in [0, 0.1) is 10.7 Å². The molecule has 1 aromatic rings. The lowest BCUT2D eigenvalue weighted by atomic mass is 10.2. The van der Waals surface area contributed by atoms with Gasteiger partial charge in [0.05, 0.1) is 7.14 Å². The van der Waals surface area contributed by atoms with E-state index in [4.69, 9.17) is 0 Å². The molecule has 0 radical (unpaired) electrons. The molecule has 0 aliphatic rings. The molecule has 0 heterocycles. The zero-order valence-electron chi connectivity index (χ0n) is 9.75. The van der Waals surface area contributed by atoms with Gasteiger partial charge in [-0.25, -0.2) is 9.18 Å². The molecule has 124 valence electrons. The highest BCUT2D eigenvalue weighted by atomic mass is 127. The van der Waals surface area contributed by atoms with Crippen molar-refractivity contribution in [3.8, 4) is 5.75 Å². The number of ether oxygens (including phenoxy) is 1. The number of hydrogen-bond acceptors (Lipinski definition) is 2. The molecule has 0 N–H and O–H groups in total. The SMILES string of the molecule is O=C(Oc1c(I)cc(I)cc1I)C(F)(F)C(F)(Br)C(F)(F)Br. The third kappa shape index (κ3) is 4.36. The van der Waals surface area contributed by atoms with Crippen LogP contribution in [-0.4, -0.2) is 21.3 Å². The minimum absolute atomic E-state index is 0.257. The second-order valence-electron chi connectivity index (χ2n) is 3.73. The van der Waals surface area contributed by atoms with Gasteiger partial charge >= 0.3 is 21.3 Å². The third-order valence-corrected chi connectivity index (χ3v) is 6.46. The summed E-state index contributed by atoms with van der Waals surface area (Å²) in [5.74, 6) is -7.84. The molecule has 2 nitrogen and oxygen atoms in total. The summed E-state index contributed by atoms with van der Waals surface area (Å²) < 4.78 is 68.0. The van der Waals surface area contributed by atoms with Gasteiger partial charge in [0, 0.05) is 3.57 Å². The van der Waals surface area contributed by atoms with Crippen LogP contribution < -0.4 is 4.74 Å². The Kier molecular flexibility index (Phi) is 7.23. The monoisotopic (exact) mass is 788 g/mol. The molecule has 0 aliphatic carbocycles. The van der Waals surface area contributed by atoms with Crippen LogP contribution in [0.25, 0.3) is 0 Å². The first kappa shape index (κ1) is 21.5. The van der Waals surface area contributed by atoms with Gasteiger partial charge in [-0.2, -0.15) is 17.6 Å². The average molecular weight is 790 g/mol. The van der Waals surface area contributed by atoms with Gasteiger partial charge in [-0.15, -0.1) is 0 Å². The fourth-order valence-corrected chi connectivity index (χ4v) is 5.30. The molecule has 0 saturated heterocycles. The molecular weight excluding hydrogens is 788 g/mol. The molecule has 22 heavy (non-hydrogen) atoms. The Morgan fingerprint density at radius 1 is 1.00 bits per heavy atom. The summed E-state index contributed by atoms with van der Waals surface area (Å²) >= 11 is 8.43. The van der Waals surface area contributed by atoms with Gasteiger partial charge in [-0.1, -0.05) is 0 Å². The highest BCUT2D eigenvalue weighted by Crippen LogP contribution is 2.52. The van der Waals surface area contributed by atoms with Gasteiger partial charge in [0.2, 0.25) is 0 Å². The summed E-state index contributed by atoms with van der Waals surface area (Å²) in [6, 6.07) is 3.03. The normalized spacial score (nSPS) is 15.4. The third-order valence-electron chi connectivity index (χ3n) is 2.16. The maximum atomic E-state index is 13.7. The number of carbonyl (C=O) groups is 1. The molecule has 0 aromatic heterocycles. The molecule has 0 fully saturated rings. The van der Waals surface area contributed by atoms with Crippen LogP contribution >= 0.6 is 99.6 Å². The van der Waals surface area contributed by atoms with Gasteiger partial charge in [-0.3, -0.25) is 0 Å². The Bertz CT molecular complexity index is 584. The minimum Gasteiger partial charge on any atom is -0.420 e. The van der Waals surface area contributed by atoms with Crippen molar-refractivity contribution in [2.75, 3.05) is 0 Å². The van der Waals surface area contributed by atoms with Gasteiger partial charge in [-0.05, 0) is 112 Å². The number of esters is 1. The first-order chi connectivity index (χ1) is 9.71. The lowest BCUT2D eigenvalue weighted by Crippen LogP contribution is -2.55. The van der Waals surface area contributed by atoms with Crippen LogP contribution in [0.5, 0.6) is 5.75 Å². The van der Waals surface area contributed by atoms with Crippen molar-refractivity contribution in [1.29, 1.82) is 0 Å². The summed E-state index contributed by atoms with van der Waals surface area (Å²) in [7, 11) is 0. The van der Waals surface area contributed by atoms with E-state index in [1.807, 2.05) is 22.6 Å². The molecule has 0 amide bonds. The molecule has 1 aromatic carbocycles. The van der Waals surface area contributed by atoms with Crippen molar-refractivity contribution in [1.82, 2.24) is 0 Å². The van der Waals surface area contributed by atoms with E-state index in [1.165, 1.54) is 28.1 Å². The average Bonchev–Trinajstić information content (AvgIpc) is 2.31. The van der Waals surface area contributed by atoms with Crippen LogP contribution in [0.15, 0.2) is 12.1 Å². The second kappa shape index (κ2) is 7.39. The fraction of sp³-hybridized carbons (Fsp3) is 0.300. The zero-order valence-corrected chi connectivity index (χ0v) is 19.4. The summed E-state index contributed by atoms with van der Waals surface area (Å²) in [4.78, 5) is 6.81. The highest BCUT2D eigenvalue weighted by Gasteiger charge is 2.72. The van der Waals surface area contributed by atoms with Crippen LogP contribution in [0.4, 0.5) is 22.0 Å². The lowest BCUT2D eigenvalue weighted by molar-refractivity contribution is -0.192. The first-order valence-electron chi connectivity index (χ1n) is 4.91. The van der Waals surface area contributed by atoms with Crippen molar-refractivity contribution < 1.29 is 31.5 Å². The van der Waals surface area contributed by atoms with E-state index in [2.05, 4.69) is 4.74 Å². The Morgan fingerprint density at radius 3 is 1.77 bits per heavy atom. The Labute approximate surface area is 179 Å². The van der Waals surface area contributed by atoms with Crippen LogP contribution in [0.3, 0.4) is 0 Å². The Balaban J connectivity index is 3.18. The Hall–Kier alpha value is 1.49. The summed E-state index contributed by atoms with van der Waals surface area (Å²) in [6.07, 6.45) is 0. The van der Waals surface area contributed by atoms with E-state index < -0.39 is 21.3 Å². The highest BCUT2D eigenvalue weighted by molar-refractivity contribution is 14.1. The van der Waals surface area contributed by atoms with Crippen molar-refractivity contribution >= 4 is 106 Å². The maximum Gasteiger partial charge on any atom is 0.393 e. The molecular formula is C10H2Br2F5I3O2. The van der Waals surface area contributed by atoms with Crippen molar-refractivity contribution in [3.63, 3.8) is 0 Å². The molecule has 1 unspecified atom stereocenters. The lowest BCUT2D eigenvalue weighted by Gasteiger charge is -2.29. The largest absolute Gasteiger partial charge is 0.420 e. The van der Waals surface area contributed by atoms with Gasteiger partial charge in [0.1, 0.15) is 0 Å². The van der Waals surface area contributed by atoms with Crippen molar-refractivity contribution in [2.45, 2.75) is 15.3 Å². The molecule has 0 saturated carbocycles. The number of halogens is 10. The van der Waals surface area contributed by atoms with Gasteiger partial charge in [0.15, 0.2) is 5.75 Å². The Morgan fingerprint density at radius 2 is 1.41 bits per heavy atom. The van der Waals surface area contributed by atoms with Crippen LogP contribution in [0.2, 0.25) is 0 Å². The quantitative estimate of drug-likeness (QED) is 0.122. The van der Waals surface area contributed by atoms with Crippen LogP contribution in [0.1, 0.15) is 0 Å². The molecule has 0 bridgehead atoms. The number of benzene rings is 1. The predicted octanol–water partition coefficient (Wildman–Crippen LogP) is 6.09. The number of rotatable bonds is 4. The minimum atomic E-state index is -5.14. The number of alkyl halides is 7. The molecule has 0 aliphatic heterocycles. The summed E-state index contributed by atoms with van der Waals surface area (Å²) in [5, 5.41) is 0. The van der Waals surface area contributed by atoms with Gasteiger partial charge in [0.25, 0.3) is 0 Å². The number of carbonyl (C=O) groups excluding carboxylic acids is 1. The van der Waals surface area contributed by atoms with E-state index in [0.717, 1.165) is 3.57 Å². The zero-order chi connectivity index (χ0) is 17.5.